The Morgan fingerprint density at radius 3 is 3.11 bits per heavy atom. The SMILES string of the molecule is O=C(O)CCn1ccc2c(/C=N\NO)ccnc21. The molecule has 0 aromatic carbocycles. The van der Waals surface area contributed by atoms with Crippen LogP contribution < -0.4 is 5.59 Å². The summed E-state index contributed by atoms with van der Waals surface area (Å²) in [5.41, 5.74) is 3.17. The van der Waals surface area contributed by atoms with Crippen LogP contribution in [0.25, 0.3) is 11.0 Å². The number of pyridine rings is 1. The number of nitrogens with zero attached hydrogens (tertiary/aromatic N) is 3. The lowest BCUT2D eigenvalue weighted by molar-refractivity contribution is -0.137. The van der Waals surface area contributed by atoms with E-state index in [2.05, 4.69) is 10.1 Å². The fourth-order valence-electron chi connectivity index (χ4n) is 1.72. The first-order valence-corrected chi connectivity index (χ1v) is 5.30. The van der Waals surface area contributed by atoms with Crippen LogP contribution in [-0.4, -0.2) is 32.0 Å². The third-order valence-corrected chi connectivity index (χ3v) is 2.52. The molecule has 2 aromatic rings. The van der Waals surface area contributed by atoms with Gasteiger partial charge in [0.25, 0.3) is 0 Å². The van der Waals surface area contributed by atoms with Gasteiger partial charge in [-0.3, -0.25) is 10.0 Å². The maximum atomic E-state index is 10.5. The smallest absolute Gasteiger partial charge is 0.305 e. The molecule has 0 atom stereocenters. The molecule has 0 aliphatic heterocycles. The zero-order valence-electron chi connectivity index (χ0n) is 9.45. The van der Waals surface area contributed by atoms with E-state index >= 15 is 0 Å². The Hall–Kier alpha value is -2.41. The summed E-state index contributed by atoms with van der Waals surface area (Å²) in [6.45, 7) is 0.366. The van der Waals surface area contributed by atoms with Crippen molar-refractivity contribution >= 4 is 23.2 Å². The number of aromatic nitrogens is 2. The van der Waals surface area contributed by atoms with Gasteiger partial charge >= 0.3 is 5.97 Å². The molecule has 0 aliphatic rings. The number of aryl methyl sites for hydroxylation is 1. The van der Waals surface area contributed by atoms with Gasteiger partial charge in [0, 0.05) is 29.9 Å². The number of carbonyl (C=O) groups is 1. The summed E-state index contributed by atoms with van der Waals surface area (Å²) in [5.74, 6) is -0.848. The van der Waals surface area contributed by atoms with Crippen molar-refractivity contribution in [2.24, 2.45) is 5.10 Å². The zero-order chi connectivity index (χ0) is 13.0. The molecule has 0 saturated heterocycles. The molecule has 3 N–H and O–H groups in total. The van der Waals surface area contributed by atoms with Gasteiger partial charge < -0.3 is 9.67 Å². The van der Waals surface area contributed by atoms with Crippen LogP contribution in [0.5, 0.6) is 0 Å². The Bertz CT molecular complexity index is 591. The van der Waals surface area contributed by atoms with Crippen molar-refractivity contribution in [2.75, 3.05) is 0 Å². The summed E-state index contributed by atoms with van der Waals surface area (Å²) in [4.78, 5) is 14.8. The van der Waals surface area contributed by atoms with Gasteiger partial charge in [-0.05, 0) is 12.1 Å². The van der Waals surface area contributed by atoms with E-state index in [1.165, 1.54) is 6.21 Å². The highest BCUT2D eigenvalue weighted by Gasteiger charge is 2.06. The van der Waals surface area contributed by atoms with Crippen LogP contribution in [-0.2, 0) is 11.3 Å². The number of hydrogen-bond donors (Lipinski definition) is 3. The molecule has 2 heterocycles. The summed E-state index contributed by atoms with van der Waals surface area (Å²) >= 11 is 0. The number of hydrogen-bond acceptors (Lipinski definition) is 5. The van der Waals surface area contributed by atoms with Crippen LogP contribution in [0.15, 0.2) is 29.6 Å². The van der Waals surface area contributed by atoms with Crippen LogP contribution in [0.2, 0.25) is 0 Å². The van der Waals surface area contributed by atoms with Gasteiger partial charge in [-0.25, -0.2) is 4.98 Å². The van der Waals surface area contributed by atoms with E-state index in [0.717, 1.165) is 10.9 Å². The molecule has 7 heteroatoms. The van der Waals surface area contributed by atoms with Gasteiger partial charge in [0.05, 0.1) is 12.6 Å². The zero-order valence-corrected chi connectivity index (χ0v) is 9.45. The Kier molecular flexibility index (Phi) is 3.54. The highest BCUT2D eigenvalue weighted by molar-refractivity contribution is 5.97. The van der Waals surface area contributed by atoms with Gasteiger partial charge in [-0.15, -0.1) is 0 Å². The lowest BCUT2D eigenvalue weighted by atomic mass is 10.2. The Labute approximate surface area is 102 Å². The second kappa shape index (κ2) is 5.28. The van der Waals surface area contributed by atoms with Gasteiger partial charge in [0.2, 0.25) is 0 Å². The van der Waals surface area contributed by atoms with Crippen LogP contribution in [0.1, 0.15) is 12.0 Å². The summed E-state index contributed by atoms with van der Waals surface area (Å²) in [5, 5.41) is 21.5. The van der Waals surface area contributed by atoms with Crippen molar-refractivity contribution < 1.29 is 15.1 Å². The molecular weight excluding hydrogens is 236 g/mol. The lowest BCUT2D eigenvalue weighted by Crippen LogP contribution is -2.04. The third kappa shape index (κ3) is 2.46. The van der Waals surface area contributed by atoms with Gasteiger partial charge in [0.1, 0.15) is 5.65 Å². The second-order valence-electron chi connectivity index (χ2n) is 3.65. The molecule has 2 rings (SSSR count). The number of carboxylic acid groups (broad SMARTS) is 1. The molecule has 0 amide bonds. The molecule has 0 radical (unpaired) electrons. The van der Waals surface area contributed by atoms with E-state index in [1.807, 2.05) is 6.07 Å². The molecule has 0 aliphatic carbocycles. The molecular formula is C11H12N4O3. The van der Waals surface area contributed by atoms with Gasteiger partial charge in [0.15, 0.2) is 0 Å². The molecule has 0 fully saturated rings. The van der Waals surface area contributed by atoms with Gasteiger partial charge in [-0.2, -0.15) is 10.7 Å². The first-order valence-electron chi connectivity index (χ1n) is 5.30. The fourth-order valence-corrected chi connectivity index (χ4v) is 1.72. The van der Waals surface area contributed by atoms with Crippen molar-refractivity contribution in [1.82, 2.24) is 15.1 Å². The first kappa shape index (κ1) is 12.1. The average Bonchev–Trinajstić information content (AvgIpc) is 2.77. The number of nitrogens with one attached hydrogen (secondary N) is 1. The summed E-state index contributed by atoms with van der Waals surface area (Å²) in [6, 6.07) is 3.59. The summed E-state index contributed by atoms with van der Waals surface area (Å²) < 4.78 is 1.77. The van der Waals surface area contributed by atoms with E-state index in [-0.39, 0.29) is 6.42 Å². The Morgan fingerprint density at radius 1 is 1.56 bits per heavy atom. The van der Waals surface area contributed by atoms with Gasteiger partial charge in [-0.1, -0.05) is 0 Å². The predicted molar refractivity (Wildman–Crippen MR) is 64.5 cm³/mol. The minimum Gasteiger partial charge on any atom is -0.481 e. The maximum absolute atomic E-state index is 10.5. The standard InChI is InChI=1S/C11H12N4O3/c16-10(17)3-6-15-5-2-9-8(7-13-14-18)1-4-12-11(9)15/h1-2,4-5,7,14,18H,3,6H2,(H,16,17)/b13-7-. The van der Waals surface area contributed by atoms with Crippen LogP contribution >= 0.6 is 0 Å². The van der Waals surface area contributed by atoms with Crippen molar-refractivity contribution in [2.45, 2.75) is 13.0 Å². The Morgan fingerprint density at radius 2 is 2.39 bits per heavy atom. The number of aliphatic carboxylic acids is 1. The molecule has 94 valence electrons. The van der Waals surface area contributed by atoms with E-state index in [4.69, 9.17) is 10.3 Å². The van der Waals surface area contributed by atoms with Crippen molar-refractivity contribution in [1.29, 1.82) is 0 Å². The first-order chi connectivity index (χ1) is 8.72. The second-order valence-corrected chi connectivity index (χ2v) is 3.65. The summed E-state index contributed by atoms with van der Waals surface area (Å²) in [7, 11) is 0. The van der Waals surface area contributed by atoms with E-state index in [0.29, 0.717) is 12.2 Å². The normalized spacial score (nSPS) is 11.2. The fraction of sp³-hybridized carbons (Fsp3) is 0.182. The number of rotatable bonds is 5. The molecule has 2 aromatic heterocycles. The average molecular weight is 248 g/mol. The third-order valence-electron chi connectivity index (χ3n) is 2.52. The maximum Gasteiger partial charge on any atom is 0.305 e. The topological polar surface area (TPSA) is 99.7 Å². The molecule has 0 unspecified atom stereocenters. The molecule has 18 heavy (non-hydrogen) atoms. The molecule has 7 nitrogen and oxygen atoms in total. The molecule has 0 saturated carbocycles. The van der Waals surface area contributed by atoms with Crippen LogP contribution in [0.4, 0.5) is 0 Å². The van der Waals surface area contributed by atoms with Crippen molar-refractivity contribution in [3.05, 3.63) is 30.1 Å². The van der Waals surface area contributed by atoms with E-state index in [1.54, 1.807) is 28.6 Å². The molecule has 0 bridgehead atoms. The Balaban J connectivity index is 2.35. The highest BCUT2D eigenvalue weighted by Crippen LogP contribution is 2.17. The minimum absolute atomic E-state index is 0.0436. The largest absolute Gasteiger partial charge is 0.481 e. The predicted octanol–water partition coefficient (Wildman–Crippen LogP) is 0.824. The lowest BCUT2D eigenvalue weighted by Gasteiger charge is -2.02. The number of hydrazone groups is 1. The minimum atomic E-state index is -0.848. The quantitative estimate of drug-likeness (QED) is 0.537. The van der Waals surface area contributed by atoms with Crippen molar-refractivity contribution in [3.8, 4) is 0 Å². The summed E-state index contributed by atoms with van der Waals surface area (Å²) in [6.07, 6.45) is 4.90. The van der Waals surface area contributed by atoms with E-state index < -0.39 is 5.97 Å². The molecule has 0 spiro atoms. The van der Waals surface area contributed by atoms with Crippen LogP contribution in [0, 0.1) is 0 Å². The van der Waals surface area contributed by atoms with Crippen LogP contribution in [0.3, 0.4) is 0 Å². The highest BCUT2D eigenvalue weighted by atomic mass is 16.5. The monoisotopic (exact) mass is 248 g/mol. The van der Waals surface area contributed by atoms with Crippen molar-refractivity contribution in [3.63, 3.8) is 0 Å². The number of fused-ring (bicyclic) bond motifs is 1. The number of carboxylic acids is 1. The van der Waals surface area contributed by atoms with E-state index in [9.17, 15) is 4.79 Å².